The van der Waals surface area contributed by atoms with Gasteiger partial charge in [-0.25, -0.2) is 18.4 Å². The molecule has 0 aliphatic heterocycles. The highest BCUT2D eigenvalue weighted by Crippen LogP contribution is 2.13. The highest BCUT2D eigenvalue weighted by molar-refractivity contribution is 7.99. The number of thioether (sulfide) groups is 1. The molecule has 10 heteroatoms. The number of rotatable bonds is 6. The predicted molar refractivity (Wildman–Crippen MR) is 91.9 cm³/mol. The Morgan fingerprint density at radius 1 is 1.20 bits per heavy atom. The lowest BCUT2D eigenvalue weighted by Gasteiger charge is -2.08. The van der Waals surface area contributed by atoms with Gasteiger partial charge in [-0.1, -0.05) is 11.8 Å². The van der Waals surface area contributed by atoms with Gasteiger partial charge in [0.25, 0.3) is 10.0 Å². The number of sulfonamides is 1. The molecule has 1 amide bonds. The van der Waals surface area contributed by atoms with E-state index in [0.717, 1.165) is 23.1 Å². The molecule has 0 radical (unpaired) electrons. The van der Waals surface area contributed by atoms with Gasteiger partial charge in [0.1, 0.15) is 0 Å². The highest BCUT2D eigenvalue weighted by Gasteiger charge is 2.15. The SMILES string of the molecule is Cc1cc(C)nc(SCC(=O)NNS(=O)(=O)c2ccc(C#N)cc2)n1. The molecule has 1 heterocycles. The van der Waals surface area contributed by atoms with Crippen molar-refractivity contribution in [3.05, 3.63) is 47.3 Å². The summed E-state index contributed by atoms with van der Waals surface area (Å²) in [7, 11) is -3.91. The van der Waals surface area contributed by atoms with Gasteiger partial charge in [-0.05, 0) is 44.2 Å². The molecular weight excluding hydrogens is 362 g/mol. The first-order chi connectivity index (χ1) is 11.8. The van der Waals surface area contributed by atoms with E-state index < -0.39 is 15.9 Å². The summed E-state index contributed by atoms with van der Waals surface area (Å²) in [6.45, 7) is 3.65. The largest absolute Gasteiger partial charge is 0.277 e. The smallest absolute Gasteiger partial charge is 0.257 e. The average molecular weight is 377 g/mol. The number of hydrogen-bond acceptors (Lipinski definition) is 7. The zero-order valence-corrected chi connectivity index (χ0v) is 15.1. The van der Waals surface area contributed by atoms with Crippen LogP contribution in [0.1, 0.15) is 17.0 Å². The van der Waals surface area contributed by atoms with Crippen molar-refractivity contribution in [2.24, 2.45) is 0 Å². The standard InChI is InChI=1S/C15H15N5O3S2/c1-10-7-11(2)18-15(17-10)24-9-14(21)19-20-25(22,23)13-5-3-12(8-16)4-6-13/h3-7,20H,9H2,1-2H3,(H,19,21). The molecular formula is C15H15N5O3S2. The number of nitriles is 1. The van der Waals surface area contributed by atoms with Crippen molar-refractivity contribution in [1.29, 1.82) is 5.26 Å². The molecule has 0 spiro atoms. The van der Waals surface area contributed by atoms with Gasteiger partial charge in [-0.15, -0.1) is 4.83 Å². The van der Waals surface area contributed by atoms with E-state index in [0.29, 0.717) is 10.7 Å². The molecule has 0 fully saturated rings. The van der Waals surface area contributed by atoms with E-state index in [2.05, 4.69) is 15.4 Å². The topological polar surface area (TPSA) is 125 Å². The molecule has 0 atom stereocenters. The first-order valence-electron chi connectivity index (χ1n) is 7.06. The third-order valence-electron chi connectivity index (χ3n) is 2.91. The zero-order valence-electron chi connectivity index (χ0n) is 13.5. The third kappa shape index (κ3) is 5.53. The van der Waals surface area contributed by atoms with Gasteiger partial charge >= 0.3 is 0 Å². The number of aromatic nitrogens is 2. The van der Waals surface area contributed by atoms with Crippen LogP contribution in [-0.4, -0.2) is 30.0 Å². The van der Waals surface area contributed by atoms with Crippen molar-refractivity contribution in [1.82, 2.24) is 20.2 Å². The van der Waals surface area contributed by atoms with Crippen molar-refractivity contribution in [3.63, 3.8) is 0 Å². The second-order valence-electron chi connectivity index (χ2n) is 5.01. The maximum Gasteiger partial charge on any atom is 0.257 e. The fraction of sp³-hybridized carbons (Fsp3) is 0.200. The van der Waals surface area contributed by atoms with Crippen molar-refractivity contribution < 1.29 is 13.2 Å². The van der Waals surface area contributed by atoms with Crippen molar-refractivity contribution >= 4 is 27.7 Å². The monoisotopic (exact) mass is 377 g/mol. The Bertz CT molecular complexity index is 901. The van der Waals surface area contributed by atoms with Crippen LogP contribution in [0.15, 0.2) is 40.4 Å². The number of nitrogens with zero attached hydrogens (tertiary/aromatic N) is 3. The van der Waals surface area contributed by atoms with Crippen LogP contribution in [0.2, 0.25) is 0 Å². The molecule has 0 bridgehead atoms. The Kier molecular flexibility index (Phi) is 6.08. The van der Waals surface area contributed by atoms with Crippen LogP contribution in [0.4, 0.5) is 0 Å². The number of nitrogens with one attached hydrogen (secondary N) is 2. The summed E-state index contributed by atoms with van der Waals surface area (Å²) in [5.41, 5.74) is 4.05. The van der Waals surface area contributed by atoms with Crippen LogP contribution in [0.25, 0.3) is 0 Å². The van der Waals surface area contributed by atoms with Gasteiger partial charge in [-0.2, -0.15) is 5.26 Å². The molecule has 2 rings (SSSR count). The molecule has 1 aromatic heterocycles. The van der Waals surface area contributed by atoms with Crippen LogP contribution < -0.4 is 10.3 Å². The van der Waals surface area contributed by atoms with E-state index in [1.807, 2.05) is 30.8 Å². The molecule has 0 aliphatic carbocycles. The first kappa shape index (κ1) is 18.9. The Hall–Kier alpha value is -2.48. The fourth-order valence-corrected chi connectivity index (χ4v) is 3.43. The lowest BCUT2D eigenvalue weighted by molar-refractivity contribution is -0.119. The summed E-state index contributed by atoms with van der Waals surface area (Å²) in [6, 6.07) is 9.03. The maximum absolute atomic E-state index is 12.1. The first-order valence-corrected chi connectivity index (χ1v) is 9.53. The van der Waals surface area contributed by atoms with Gasteiger partial charge in [0, 0.05) is 11.4 Å². The minimum Gasteiger partial charge on any atom is -0.277 e. The number of carbonyl (C=O) groups excluding carboxylic acids is 1. The van der Waals surface area contributed by atoms with Crippen LogP contribution in [-0.2, 0) is 14.8 Å². The average Bonchev–Trinajstić information content (AvgIpc) is 2.57. The molecule has 130 valence electrons. The number of hydrazine groups is 1. The number of aryl methyl sites for hydroxylation is 2. The number of amides is 1. The maximum atomic E-state index is 12.1. The van der Waals surface area contributed by atoms with Crippen LogP contribution in [0.3, 0.4) is 0 Å². The number of benzene rings is 1. The van der Waals surface area contributed by atoms with Gasteiger partial charge in [0.05, 0.1) is 22.3 Å². The van der Waals surface area contributed by atoms with E-state index in [1.54, 1.807) is 0 Å². The number of carbonyl (C=O) groups is 1. The second-order valence-corrected chi connectivity index (χ2v) is 7.64. The van der Waals surface area contributed by atoms with Gasteiger partial charge in [0.15, 0.2) is 5.16 Å². The summed E-state index contributed by atoms with van der Waals surface area (Å²) in [6.07, 6.45) is 0. The molecule has 0 aliphatic rings. The quantitative estimate of drug-likeness (QED) is 0.438. The van der Waals surface area contributed by atoms with E-state index >= 15 is 0 Å². The number of hydrogen-bond donors (Lipinski definition) is 2. The predicted octanol–water partition coefficient (Wildman–Crippen LogP) is 1.07. The van der Waals surface area contributed by atoms with E-state index in [4.69, 9.17) is 5.26 Å². The molecule has 25 heavy (non-hydrogen) atoms. The summed E-state index contributed by atoms with van der Waals surface area (Å²) >= 11 is 1.10. The Labute approximate surface area is 149 Å². The van der Waals surface area contributed by atoms with E-state index in [9.17, 15) is 13.2 Å². The van der Waals surface area contributed by atoms with Crippen LogP contribution in [0.5, 0.6) is 0 Å². The lowest BCUT2D eigenvalue weighted by Crippen LogP contribution is -2.42. The van der Waals surface area contributed by atoms with Crippen LogP contribution in [0, 0.1) is 25.2 Å². The minimum atomic E-state index is -3.91. The van der Waals surface area contributed by atoms with Gasteiger partial charge in [-0.3, -0.25) is 10.2 Å². The lowest BCUT2D eigenvalue weighted by atomic mass is 10.2. The minimum absolute atomic E-state index is 0.0429. The highest BCUT2D eigenvalue weighted by atomic mass is 32.2. The van der Waals surface area contributed by atoms with E-state index in [-0.39, 0.29) is 10.6 Å². The molecule has 0 saturated carbocycles. The fourth-order valence-electron chi connectivity index (χ4n) is 1.82. The van der Waals surface area contributed by atoms with Crippen LogP contribution >= 0.6 is 11.8 Å². The molecule has 2 N–H and O–H groups in total. The Balaban J connectivity index is 1.91. The molecule has 1 aromatic carbocycles. The normalized spacial score (nSPS) is 10.9. The molecule has 0 saturated heterocycles. The molecule has 0 unspecified atom stereocenters. The summed E-state index contributed by atoms with van der Waals surface area (Å²) in [5, 5.41) is 9.16. The second kappa shape index (κ2) is 8.06. The third-order valence-corrected chi connectivity index (χ3v) is 5.02. The Morgan fingerprint density at radius 2 is 1.80 bits per heavy atom. The van der Waals surface area contributed by atoms with Gasteiger partial charge in [0.2, 0.25) is 5.91 Å². The Morgan fingerprint density at radius 3 is 2.36 bits per heavy atom. The van der Waals surface area contributed by atoms with E-state index in [1.165, 1.54) is 24.3 Å². The molecule has 2 aromatic rings. The van der Waals surface area contributed by atoms with Crippen molar-refractivity contribution in [3.8, 4) is 6.07 Å². The summed E-state index contributed by atoms with van der Waals surface area (Å²) in [4.78, 5) is 22.1. The molecule has 8 nitrogen and oxygen atoms in total. The summed E-state index contributed by atoms with van der Waals surface area (Å²) in [5.74, 6) is -0.580. The van der Waals surface area contributed by atoms with Crippen molar-refractivity contribution in [2.45, 2.75) is 23.9 Å². The summed E-state index contributed by atoms with van der Waals surface area (Å²) < 4.78 is 24.1. The zero-order chi connectivity index (χ0) is 18.4. The van der Waals surface area contributed by atoms with Crippen molar-refractivity contribution in [2.75, 3.05) is 5.75 Å². The van der Waals surface area contributed by atoms with Gasteiger partial charge < -0.3 is 0 Å².